The minimum atomic E-state index is -3.36. The molecule has 1 atom stereocenters. The number of hydrogen-bond donors (Lipinski definition) is 1. The third-order valence-electron chi connectivity index (χ3n) is 2.64. The summed E-state index contributed by atoms with van der Waals surface area (Å²) in [6.07, 6.45) is -0.983. The van der Waals surface area contributed by atoms with E-state index in [0.717, 1.165) is 0 Å². The summed E-state index contributed by atoms with van der Waals surface area (Å²) in [6, 6.07) is 0.972. The fourth-order valence-electron chi connectivity index (χ4n) is 1.78. The van der Waals surface area contributed by atoms with E-state index in [0.29, 0.717) is 4.47 Å². The van der Waals surface area contributed by atoms with Gasteiger partial charge in [0.25, 0.3) is 0 Å². The Morgan fingerprint density at radius 1 is 1.47 bits per heavy atom. The zero-order chi connectivity index (χ0) is 13.5. The molecule has 1 N–H and O–H groups in total. The lowest BCUT2D eigenvalue weighted by molar-refractivity contribution is -0.105. The van der Waals surface area contributed by atoms with Gasteiger partial charge in [-0.05, 0) is 24.6 Å². The number of nitrogens with one attached hydrogen (secondary N) is 1. The topological polar surface area (TPSA) is 38.3 Å². The number of cyclic esters (lactones) is 1. The second kappa shape index (κ2) is 5.58. The number of amides is 1. The molecule has 1 fully saturated rings. The molecule has 0 unspecified atom stereocenters. The van der Waals surface area contributed by atoms with Crippen LogP contribution in [0.15, 0.2) is 16.6 Å². The summed E-state index contributed by atoms with van der Waals surface area (Å²) in [7, 11) is 0. The highest BCUT2D eigenvalue weighted by Gasteiger charge is 2.48. The SMILES string of the molecule is Cc1cc(Br)cc([C@@H]2NC(=O)OCC2(F)F)c1F.Cl. The molecule has 1 amide bonds. The molecular weight excluding hydrogens is 350 g/mol. The van der Waals surface area contributed by atoms with E-state index in [1.54, 1.807) is 0 Å². The molecule has 106 valence electrons. The minimum Gasteiger partial charge on any atom is -0.443 e. The van der Waals surface area contributed by atoms with E-state index in [4.69, 9.17) is 0 Å². The van der Waals surface area contributed by atoms with E-state index < -0.39 is 30.5 Å². The van der Waals surface area contributed by atoms with Crippen molar-refractivity contribution in [3.63, 3.8) is 0 Å². The number of ether oxygens (including phenoxy) is 1. The molecule has 19 heavy (non-hydrogen) atoms. The highest BCUT2D eigenvalue weighted by molar-refractivity contribution is 9.10. The van der Waals surface area contributed by atoms with Gasteiger partial charge in [0.05, 0.1) is 0 Å². The predicted molar refractivity (Wildman–Crippen MR) is 68.3 cm³/mol. The summed E-state index contributed by atoms with van der Waals surface area (Å²) in [5, 5.41) is 1.95. The number of benzene rings is 1. The lowest BCUT2D eigenvalue weighted by Crippen LogP contribution is -2.50. The number of halogens is 5. The van der Waals surface area contributed by atoms with Crippen LogP contribution in [-0.4, -0.2) is 18.6 Å². The van der Waals surface area contributed by atoms with Crippen molar-refractivity contribution in [1.29, 1.82) is 0 Å². The number of rotatable bonds is 1. The number of carbonyl (C=O) groups is 1. The van der Waals surface area contributed by atoms with Gasteiger partial charge >= 0.3 is 12.0 Å². The molecule has 1 aliphatic rings. The maximum atomic E-state index is 13.9. The molecule has 1 aromatic rings. The zero-order valence-electron chi connectivity index (χ0n) is 9.68. The molecule has 0 aromatic heterocycles. The minimum absolute atomic E-state index is 0. The number of carbonyl (C=O) groups excluding carboxylic acids is 1. The quantitative estimate of drug-likeness (QED) is 0.829. The summed E-state index contributed by atoms with van der Waals surface area (Å²) in [4.78, 5) is 11.0. The van der Waals surface area contributed by atoms with Gasteiger partial charge in [-0.15, -0.1) is 12.4 Å². The smallest absolute Gasteiger partial charge is 0.408 e. The average Bonchev–Trinajstić information content (AvgIpc) is 2.27. The van der Waals surface area contributed by atoms with Crippen molar-refractivity contribution in [2.24, 2.45) is 0 Å². The van der Waals surface area contributed by atoms with Gasteiger partial charge in [0.15, 0.2) is 6.61 Å². The monoisotopic (exact) mass is 359 g/mol. The van der Waals surface area contributed by atoms with Gasteiger partial charge in [-0.1, -0.05) is 15.9 Å². The Kier molecular flexibility index (Phi) is 4.73. The van der Waals surface area contributed by atoms with Crippen LogP contribution >= 0.6 is 28.3 Å². The van der Waals surface area contributed by atoms with E-state index in [1.807, 2.05) is 5.32 Å². The first kappa shape index (κ1) is 16.1. The molecule has 1 saturated heterocycles. The molecule has 0 bridgehead atoms. The highest BCUT2D eigenvalue weighted by atomic mass is 79.9. The van der Waals surface area contributed by atoms with Crippen molar-refractivity contribution < 1.29 is 22.7 Å². The van der Waals surface area contributed by atoms with Crippen molar-refractivity contribution in [3.8, 4) is 0 Å². The third-order valence-corrected chi connectivity index (χ3v) is 3.10. The zero-order valence-corrected chi connectivity index (χ0v) is 12.1. The first-order valence-electron chi connectivity index (χ1n) is 5.08. The molecule has 0 spiro atoms. The predicted octanol–water partition coefficient (Wildman–Crippen LogP) is 3.73. The molecule has 0 saturated carbocycles. The number of alkyl halides is 2. The van der Waals surface area contributed by atoms with Crippen LogP contribution in [-0.2, 0) is 4.74 Å². The van der Waals surface area contributed by atoms with Crippen molar-refractivity contribution in [2.75, 3.05) is 6.61 Å². The van der Waals surface area contributed by atoms with E-state index in [1.165, 1.54) is 19.1 Å². The van der Waals surface area contributed by atoms with Crippen LogP contribution in [0.3, 0.4) is 0 Å². The van der Waals surface area contributed by atoms with Crippen molar-refractivity contribution in [3.05, 3.63) is 33.5 Å². The lowest BCUT2D eigenvalue weighted by atomic mass is 9.97. The Labute approximate surface area is 122 Å². The standard InChI is InChI=1S/C11H9BrF3NO2.ClH/c1-5-2-6(12)3-7(8(5)13)9-11(14,15)4-18-10(17)16-9;/h2-3,9H,4H2,1H3,(H,16,17);1H/t9-;/m0./s1. The fraction of sp³-hybridized carbons (Fsp3) is 0.364. The van der Waals surface area contributed by atoms with Gasteiger partial charge in [0.1, 0.15) is 11.9 Å². The van der Waals surface area contributed by atoms with Gasteiger partial charge in [0.2, 0.25) is 0 Å². The molecular formula is C11H10BrClF3NO2. The average molecular weight is 361 g/mol. The van der Waals surface area contributed by atoms with Crippen LogP contribution in [0, 0.1) is 12.7 Å². The summed E-state index contributed by atoms with van der Waals surface area (Å²) < 4.78 is 45.9. The maximum Gasteiger partial charge on any atom is 0.408 e. The fourth-order valence-corrected chi connectivity index (χ4v) is 2.37. The van der Waals surface area contributed by atoms with E-state index >= 15 is 0 Å². The molecule has 1 heterocycles. The number of alkyl carbamates (subject to hydrolysis) is 1. The summed E-state index contributed by atoms with van der Waals surface area (Å²) in [5.74, 6) is -4.12. The van der Waals surface area contributed by atoms with Crippen LogP contribution < -0.4 is 5.32 Å². The van der Waals surface area contributed by atoms with E-state index in [2.05, 4.69) is 20.7 Å². The largest absolute Gasteiger partial charge is 0.443 e. The van der Waals surface area contributed by atoms with Gasteiger partial charge in [-0.2, -0.15) is 0 Å². The molecule has 1 aromatic carbocycles. The first-order chi connectivity index (χ1) is 8.31. The Hall–Kier alpha value is -0.950. The molecule has 8 heteroatoms. The van der Waals surface area contributed by atoms with Crippen LogP contribution in [0.2, 0.25) is 0 Å². The van der Waals surface area contributed by atoms with Crippen molar-refractivity contribution in [1.82, 2.24) is 5.32 Å². The first-order valence-corrected chi connectivity index (χ1v) is 5.87. The summed E-state index contributed by atoms with van der Waals surface area (Å²) in [5.41, 5.74) is -0.0422. The molecule has 2 rings (SSSR count). The van der Waals surface area contributed by atoms with Crippen LogP contribution in [0.1, 0.15) is 17.2 Å². The molecule has 3 nitrogen and oxygen atoms in total. The Balaban J connectivity index is 0.00000180. The van der Waals surface area contributed by atoms with Gasteiger partial charge in [-0.3, -0.25) is 0 Å². The van der Waals surface area contributed by atoms with Crippen molar-refractivity contribution >= 4 is 34.4 Å². The van der Waals surface area contributed by atoms with Crippen molar-refractivity contribution in [2.45, 2.75) is 18.9 Å². The molecule has 0 radical (unpaired) electrons. The Morgan fingerprint density at radius 2 is 2.11 bits per heavy atom. The van der Waals surface area contributed by atoms with E-state index in [-0.39, 0.29) is 23.5 Å². The highest BCUT2D eigenvalue weighted by Crippen LogP contribution is 2.37. The summed E-state index contributed by atoms with van der Waals surface area (Å²) >= 11 is 3.11. The van der Waals surface area contributed by atoms with Gasteiger partial charge in [-0.25, -0.2) is 18.0 Å². The normalized spacial score (nSPS) is 21.1. The summed E-state index contributed by atoms with van der Waals surface area (Å²) in [6.45, 7) is 0.400. The molecule has 1 aliphatic heterocycles. The van der Waals surface area contributed by atoms with Crippen LogP contribution in [0.4, 0.5) is 18.0 Å². The lowest BCUT2D eigenvalue weighted by Gasteiger charge is -2.32. The maximum absolute atomic E-state index is 13.9. The Morgan fingerprint density at radius 3 is 2.74 bits per heavy atom. The number of hydrogen-bond acceptors (Lipinski definition) is 2. The molecule has 0 aliphatic carbocycles. The second-order valence-corrected chi connectivity index (χ2v) is 4.96. The van der Waals surface area contributed by atoms with E-state index in [9.17, 15) is 18.0 Å². The van der Waals surface area contributed by atoms with Gasteiger partial charge < -0.3 is 10.1 Å². The van der Waals surface area contributed by atoms with Crippen LogP contribution in [0.5, 0.6) is 0 Å². The second-order valence-electron chi connectivity index (χ2n) is 4.04. The van der Waals surface area contributed by atoms with Crippen LogP contribution in [0.25, 0.3) is 0 Å². The van der Waals surface area contributed by atoms with Gasteiger partial charge in [0, 0.05) is 10.0 Å². The Bertz CT molecular complexity index is 513. The third kappa shape index (κ3) is 3.14. The number of aryl methyl sites for hydroxylation is 1.